The van der Waals surface area contributed by atoms with Crippen LogP contribution in [0.25, 0.3) is 0 Å². The fourth-order valence-electron chi connectivity index (χ4n) is 0.656. The Hall–Kier alpha value is -1.10. The van der Waals surface area contributed by atoms with Crippen LogP contribution in [0.2, 0.25) is 0 Å². The van der Waals surface area contributed by atoms with E-state index in [2.05, 4.69) is 0 Å². The Bertz CT molecular complexity index is 138. The van der Waals surface area contributed by atoms with Crippen molar-refractivity contribution in [1.82, 2.24) is 0 Å². The maximum atomic E-state index is 9.76. The summed E-state index contributed by atoms with van der Waals surface area (Å²) in [6, 6.07) is 0. The molecule has 92 valence electrons. The van der Waals surface area contributed by atoms with Gasteiger partial charge >= 0.3 is 11.9 Å². The van der Waals surface area contributed by atoms with Crippen LogP contribution in [-0.4, -0.2) is 27.6 Å². The van der Waals surface area contributed by atoms with E-state index < -0.39 is 11.9 Å². The zero-order valence-electron chi connectivity index (χ0n) is 9.45. The first-order chi connectivity index (χ1) is 6.54. The summed E-state index contributed by atoms with van der Waals surface area (Å²) in [5.41, 5.74) is 0. The maximum Gasteiger partial charge on any atom is 0.303 e. The van der Waals surface area contributed by atoms with E-state index in [1.165, 1.54) is 0 Å². The van der Waals surface area contributed by atoms with Gasteiger partial charge in [0.15, 0.2) is 0 Å². The molecule has 4 N–H and O–H groups in total. The summed E-state index contributed by atoms with van der Waals surface area (Å²) < 4.78 is 0. The number of carboxylic acids is 2. The number of carboxylic acid groups (broad SMARTS) is 2. The maximum absolute atomic E-state index is 9.76. The molecule has 0 heterocycles. The van der Waals surface area contributed by atoms with Crippen LogP contribution in [0.15, 0.2) is 0 Å². The molecule has 0 spiro atoms. The molecule has 5 nitrogen and oxygen atoms in total. The molecule has 0 aromatic carbocycles. The monoisotopic (exact) mass is 222 g/mol. The van der Waals surface area contributed by atoms with Gasteiger partial charge in [-0.15, -0.1) is 0 Å². The van der Waals surface area contributed by atoms with Crippen molar-refractivity contribution in [2.45, 2.75) is 52.4 Å². The van der Waals surface area contributed by atoms with Crippen LogP contribution in [0.5, 0.6) is 0 Å². The second-order valence-corrected chi connectivity index (χ2v) is 2.99. The van der Waals surface area contributed by atoms with E-state index in [4.69, 9.17) is 10.2 Å². The Balaban J connectivity index is -0.000000180. The predicted molar refractivity (Wildman–Crippen MR) is 57.9 cm³/mol. The average molecular weight is 222 g/mol. The van der Waals surface area contributed by atoms with Crippen molar-refractivity contribution in [3.8, 4) is 0 Å². The predicted octanol–water partition coefficient (Wildman–Crippen LogP) is 1.70. The fraction of sp³-hybridized carbons (Fsp3) is 0.800. The Morgan fingerprint density at radius 2 is 1.13 bits per heavy atom. The quantitative estimate of drug-likeness (QED) is 0.713. The molecule has 0 aromatic rings. The van der Waals surface area contributed by atoms with Gasteiger partial charge in [0, 0.05) is 12.8 Å². The SMILES string of the molecule is CCCCC(=O)O.CCCCC(=O)O.O. The van der Waals surface area contributed by atoms with Crippen molar-refractivity contribution in [2.24, 2.45) is 0 Å². The summed E-state index contributed by atoms with van der Waals surface area (Å²) in [6.45, 7) is 3.95. The molecule has 0 saturated carbocycles. The van der Waals surface area contributed by atoms with E-state index in [-0.39, 0.29) is 5.48 Å². The molecule has 0 radical (unpaired) electrons. The van der Waals surface area contributed by atoms with Crippen molar-refractivity contribution in [1.29, 1.82) is 0 Å². The third kappa shape index (κ3) is 32.2. The summed E-state index contributed by atoms with van der Waals surface area (Å²) >= 11 is 0. The molecular formula is C10H22O5. The Labute approximate surface area is 90.4 Å². The van der Waals surface area contributed by atoms with Crippen LogP contribution in [0, 0.1) is 0 Å². The molecule has 0 rings (SSSR count). The minimum absolute atomic E-state index is 0. The zero-order chi connectivity index (χ0) is 11.4. The second-order valence-electron chi connectivity index (χ2n) is 2.99. The van der Waals surface area contributed by atoms with Gasteiger partial charge in [-0.2, -0.15) is 0 Å². The summed E-state index contributed by atoms with van der Waals surface area (Å²) in [5.74, 6) is -1.39. The smallest absolute Gasteiger partial charge is 0.303 e. The highest BCUT2D eigenvalue weighted by Gasteiger charge is 1.91. The van der Waals surface area contributed by atoms with Crippen molar-refractivity contribution < 1.29 is 25.3 Å². The number of hydrogen-bond donors (Lipinski definition) is 2. The van der Waals surface area contributed by atoms with Crippen LogP contribution in [0.3, 0.4) is 0 Å². The van der Waals surface area contributed by atoms with Crippen LogP contribution in [-0.2, 0) is 9.59 Å². The summed E-state index contributed by atoms with van der Waals surface area (Å²) in [5, 5.41) is 16.1. The van der Waals surface area contributed by atoms with Gasteiger partial charge in [-0.1, -0.05) is 26.7 Å². The molecule has 0 aliphatic heterocycles. The molecule has 0 atom stereocenters. The van der Waals surface area contributed by atoms with Crippen molar-refractivity contribution in [2.75, 3.05) is 0 Å². The standard InChI is InChI=1S/2C5H10O2.H2O/c2*1-2-3-4-5(6)7;/h2*2-4H2,1H3,(H,6,7);1H2. The zero-order valence-corrected chi connectivity index (χ0v) is 9.45. The Morgan fingerprint density at radius 1 is 0.867 bits per heavy atom. The molecule has 15 heavy (non-hydrogen) atoms. The molecule has 0 aromatic heterocycles. The third-order valence-corrected chi connectivity index (χ3v) is 1.49. The molecule has 0 aliphatic carbocycles. The number of rotatable bonds is 6. The molecular weight excluding hydrogens is 200 g/mol. The topological polar surface area (TPSA) is 106 Å². The first-order valence-electron chi connectivity index (χ1n) is 4.98. The van der Waals surface area contributed by atoms with E-state index in [0.717, 1.165) is 25.7 Å². The molecule has 5 heteroatoms. The van der Waals surface area contributed by atoms with Crippen LogP contribution < -0.4 is 0 Å². The number of unbranched alkanes of at least 4 members (excludes halogenated alkanes) is 2. The van der Waals surface area contributed by atoms with Gasteiger partial charge in [-0.05, 0) is 12.8 Å². The normalized spacial score (nSPS) is 8.13. The van der Waals surface area contributed by atoms with E-state index >= 15 is 0 Å². The van der Waals surface area contributed by atoms with E-state index in [0.29, 0.717) is 12.8 Å². The number of hydrogen-bond acceptors (Lipinski definition) is 2. The average Bonchev–Trinajstić information content (AvgIpc) is 2.12. The van der Waals surface area contributed by atoms with Gasteiger partial charge in [0.2, 0.25) is 0 Å². The lowest BCUT2D eigenvalue weighted by Crippen LogP contribution is -1.91. The Morgan fingerprint density at radius 3 is 1.20 bits per heavy atom. The van der Waals surface area contributed by atoms with Crippen LogP contribution >= 0.6 is 0 Å². The third-order valence-electron chi connectivity index (χ3n) is 1.49. The summed E-state index contributed by atoms with van der Waals surface area (Å²) in [4.78, 5) is 19.5. The summed E-state index contributed by atoms with van der Waals surface area (Å²) in [7, 11) is 0. The lowest BCUT2D eigenvalue weighted by atomic mass is 10.3. The highest BCUT2D eigenvalue weighted by Crippen LogP contribution is 1.91. The Kier molecular flexibility index (Phi) is 20.0. The van der Waals surface area contributed by atoms with E-state index in [1.807, 2.05) is 13.8 Å². The van der Waals surface area contributed by atoms with Gasteiger partial charge in [-0.25, -0.2) is 0 Å². The first kappa shape index (κ1) is 19.5. The molecule has 0 unspecified atom stereocenters. The highest BCUT2D eigenvalue weighted by molar-refractivity contribution is 5.66. The van der Waals surface area contributed by atoms with Gasteiger partial charge in [0.1, 0.15) is 0 Å². The van der Waals surface area contributed by atoms with Crippen molar-refractivity contribution in [3.63, 3.8) is 0 Å². The van der Waals surface area contributed by atoms with Crippen LogP contribution in [0.1, 0.15) is 52.4 Å². The van der Waals surface area contributed by atoms with Gasteiger partial charge < -0.3 is 15.7 Å². The van der Waals surface area contributed by atoms with Gasteiger partial charge in [-0.3, -0.25) is 9.59 Å². The van der Waals surface area contributed by atoms with Gasteiger partial charge in [0.25, 0.3) is 0 Å². The van der Waals surface area contributed by atoms with Crippen LogP contribution in [0.4, 0.5) is 0 Å². The molecule has 0 aliphatic rings. The molecule has 0 bridgehead atoms. The van der Waals surface area contributed by atoms with E-state index in [9.17, 15) is 9.59 Å². The molecule has 0 saturated heterocycles. The summed E-state index contributed by atoms with van der Waals surface area (Å²) in [6.07, 6.45) is 4.16. The largest absolute Gasteiger partial charge is 0.481 e. The van der Waals surface area contributed by atoms with Gasteiger partial charge in [0.05, 0.1) is 0 Å². The minimum atomic E-state index is -0.693. The highest BCUT2D eigenvalue weighted by atomic mass is 16.4. The lowest BCUT2D eigenvalue weighted by Gasteiger charge is -1.85. The fourth-order valence-corrected chi connectivity index (χ4v) is 0.656. The van der Waals surface area contributed by atoms with Crippen molar-refractivity contribution >= 4 is 11.9 Å². The van der Waals surface area contributed by atoms with Crippen molar-refractivity contribution in [3.05, 3.63) is 0 Å². The molecule has 0 amide bonds. The number of carbonyl (C=O) groups is 2. The lowest BCUT2D eigenvalue weighted by molar-refractivity contribution is -0.138. The second kappa shape index (κ2) is 15.4. The molecule has 0 fully saturated rings. The number of aliphatic carboxylic acids is 2. The minimum Gasteiger partial charge on any atom is -0.481 e. The first-order valence-corrected chi connectivity index (χ1v) is 4.98. The van der Waals surface area contributed by atoms with E-state index in [1.54, 1.807) is 0 Å².